The number of hydrogen-bond donors (Lipinski definition) is 3. The molecular weight excluding hydrogens is 490 g/mol. The Bertz CT molecular complexity index is 1420. The Morgan fingerprint density at radius 2 is 1.82 bits per heavy atom. The lowest BCUT2D eigenvalue weighted by Gasteiger charge is -2.22. The molecule has 0 bridgehead atoms. The third-order valence-electron chi connectivity index (χ3n) is 6.89. The summed E-state index contributed by atoms with van der Waals surface area (Å²) in [6.45, 7) is 2.65. The van der Waals surface area contributed by atoms with E-state index in [1.165, 1.54) is 10.6 Å². The molecule has 0 aromatic heterocycles. The van der Waals surface area contributed by atoms with Crippen molar-refractivity contribution in [3.63, 3.8) is 0 Å². The van der Waals surface area contributed by atoms with Gasteiger partial charge in [-0.05, 0) is 54.3 Å². The second kappa shape index (κ2) is 11.5. The zero-order valence-corrected chi connectivity index (χ0v) is 22.0. The van der Waals surface area contributed by atoms with E-state index in [0.29, 0.717) is 40.8 Å². The average molecular weight is 524 g/mol. The van der Waals surface area contributed by atoms with Gasteiger partial charge in [-0.15, -0.1) is 0 Å². The number of anilines is 1. The van der Waals surface area contributed by atoms with Crippen LogP contribution >= 0.6 is 0 Å². The lowest BCUT2D eigenvalue weighted by atomic mass is 10.0. The number of nitrogen functional groups attached to an aromatic ring is 1. The molecule has 2 amide bonds. The number of fused-ring (bicyclic) bond motifs is 1. The van der Waals surface area contributed by atoms with Gasteiger partial charge in [0.15, 0.2) is 0 Å². The number of amides is 2. The van der Waals surface area contributed by atoms with Crippen LogP contribution in [0.25, 0.3) is 6.08 Å². The van der Waals surface area contributed by atoms with E-state index in [2.05, 4.69) is 22.4 Å². The number of carbonyl (C=O) groups excluding carboxylic acids is 2. The van der Waals surface area contributed by atoms with E-state index in [-0.39, 0.29) is 30.9 Å². The van der Waals surface area contributed by atoms with Gasteiger partial charge in [0.1, 0.15) is 12.4 Å². The predicted molar refractivity (Wildman–Crippen MR) is 153 cm³/mol. The molecule has 39 heavy (non-hydrogen) atoms. The van der Waals surface area contributed by atoms with Crippen LogP contribution in [-0.2, 0) is 16.2 Å². The molecule has 1 fully saturated rings. The number of aliphatic imine (C=N–C) groups is 1. The van der Waals surface area contributed by atoms with Gasteiger partial charge in [0.05, 0.1) is 5.69 Å². The zero-order valence-electron chi connectivity index (χ0n) is 22.0. The second-order valence-corrected chi connectivity index (χ2v) is 9.98. The lowest BCUT2D eigenvalue weighted by Crippen LogP contribution is -2.34. The van der Waals surface area contributed by atoms with Crippen LogP contribution in [0, 0.1) is 0 Å². The number of hydrogen-bond acceptors (Lipinski definition) is 6. The molecule has 1 aliphatic heterocycles. The molecule has 5 rings (SSSR count). The number of nitrogens with one attached hydrogen (secondary N) is 1. The molecule has 2 aliphatic rings. The first-order valence-corrected chi connectivity index (χ1v) is 13.2. The molecule has 1 aliphatic carbocycles. The zero-order chi connectivity index (χ0) is 27.4. The van der Waals surface area contributed by atoms with Crippen LogP contribution in [0.2, 0.25) is 0 Å². The van der Waals surface area contributed by atoms with Crippen LogP contribution in [0.1, 0.15) is 59.2 Å². The van der Waals surface area contributed by atoms with Gasteiger partial charge < -0.3 is 16.8 Å². The van der Waals surface area contributed by atoms with Gasteiger partial charge in [0.25, 0.3) is 11.8 Å². The van der Waals surface area contributed by atoms with Crippen molar-refractivity contribution in [1.29, 1.82) is 0 Å². The van der Waals surface area contributed by atoms with Crippen molar-refractivity contribution in [2.75, 3.05) is 12.3 Å². The summed E-state index contributed by atoms with van der Waals surface area (Å²) in [6, 6.07) is 22.9. The van der Waals surface area contributed by atoms with E-state index in [1.807, 2.05) is 37.3 Å². The van der Waals surface area contributed by atoms with E-state index in [4.69, 9.17) is 16.3 Å². The number of amidine groups is 1. The number of carbonyl (C=O) groups is 2. The molecule has 2 unspecified atom stereocenters. The number of hydroxylamine groups is 2. The number of benzene rings is 3. The summed E-state index contributed by atoms with van der Waals surface area (Å²) in [7, 11) is 0. The molecule has 1 heterocycles. The van der Waals surface area contributed by atoms with Crippen LogP contribution in [0.4, 0.5) is 11.4 Å². The van der Waals surface area contributed by atoms with Crippen molar-refractivity contribution in [3.8, 4) is 0 Å². The SMILES string of the molecule is CCCN(OCc1ccc(N)cc1)C(=O)C1=Cc2ccc(C(=O)NC3CC3c3ccccc3)cc2N=C(N)C1. The first-order valence-electron chi connectivity index (χ1n) is 13.2. The van der Waals surface area contributed by atoms with Gasteiger partial charge in [0, 0.05) is 47.3 Å². The number of nitrogens with two attached hydrogens (primary N) is 2. The Morgan fingerprint density at radius 1 is 1.05 bits per heavy atom. The van der Waals surface area contributed by atoms with Crippen LogP contribution in [0.3, 0.4) is 0 Å². The summed E-state index contributed by atoms with van der Waals surface area (Å²) in [5, 5.41) is 4.50. The third kappa shape index (κ3) is 6.35. The molecule has 1 saturated carbocycles. The fourth-order valence-corrected chi connectivity index (χ4v) is 4.70. The average Bonchev–Trinajstić information content (AvgIpc) is 3.73. The van der Waals surface area contributed by atoms with E-state index in [9.17, 15) is 9.59 Å². The molecule has 0 radical (unpaired) electrons. The fraction of sp³-hybridized carbons (Fsp3) is 0.258. The fourth-order valence-electron chi connectivity index (χ4n) is 4.70. The van der Waals surface area contributed by atoms with Crippen LogP contribution in [0.15, 0.2) is 83.4 Å². The Hall–Kier alpha value is -4.43. The van der Waals surface area contributed by atoms with Gasteiger partial charge in [0.2, 0.25) is 0 Å². The Labute approximate surface area is 228 Å². The maximum absolute atomic E-state index is 13.5. The number of rotatable bonds is 9. The normalized spacial score (nSPS) is 17.8. The van der Waals surface area contributed by atoms with E-state index >= 15 is 0 Å². The van der Waals surface area contributed by atoms with Crippen molar-refractivity contribution in [1.82, 2.24) is 10.4 Å². The standard InChI is InChI=1S/C31H33N5O3/c1-2-14-36(39-19-20-8-12-25(32)13-9-20)31(38)24-15-22-10-11-23(16-27(22)34-29(33)17-24)30(37)35-28-18-26(28)21-6-4-3-5-7-21/h3-13,15-16,26,28H,2,14,17-19,32H2,1H3,(H2,33,34)(H,35,37). The predicted octanol–water partition coefficient (Wildman–Crippen LogP) is 4.70. The first kappa shape index (κ1) is 26.2. The largest absolute Gasteiger partial charge is 0.399 e. The molecule has 5 N–H and O–H groups in total. The maximum Gasteiger partial charge on any atom is 0.273 e. The summed E-state index contributed by atoms with van der Waals surface area (Å²) in [5.41, 5.74) is 17.0. The summed E-state index contributed by atoms with van der Waals surface area (Å²) in [6.07, 6.45) is 3.62. The van der Waals surface area contributed by atoms with Crippen LogP contribution < -0.4 is 16.8 Å². The summed E-state index contributed by atoms with van der Waals surface area (Å²) in [4.78, 5) is 36.8. The third-order valence-corrected chi connectivity index (χ3v) is 6.89. The summed E-state index contributed by atoms with van der Waals surface area (Å²) in [5.74, 6) is 0.229. The molecule has 3 aromatic rings. The second-order valence-electron chi connectivity index (χ2n) is 9.98. The van der Waals surface area contributed by atoms with Crippen molar-refractivity contribution >= 4 is 35.1 Å². The van der Waals surface area contributed by atoms with Gasteiger partial charge in [-0.2, -0.15) is 0 Å². The highest BCUT2D eigenvalue weighted by Crippen LogP contribution is 2.41. The smallest absolute Gasteiger partial charge is 0.273 e. The number of nitrogens with zero attached hydrogens (tertiary/aromatic N) is 2. The molecule has 3 aromatic carbocycles. The van der Waals surface area contributed by atoms with Gasteiger partial charge in [-0.3, -0.25) is 14.4 Å². The van der Waals surface area contributed by atoms with Gasteiger partial charge in [-0.25, -0.2) is 10.1 Å². The summed E-state index contributed by atoms with van der Waals surface area (Å²) < 4.78 is 0. The maximum atomic E-state index is 13.5. The topological polar surface area (TPSA) is 123 Å². The van der Waals surface area contributed by atoms with E-state index in [0.717, 1.165) is 24.0 Å². The molecular formula is C31H33N5O3. The minimum atomic E-state index is -0.263. The Balaban J connectivity index is 1.29. The monoisotopic (exact) mass is 523 g/mol. The molecule has 8 heteroatoms. The van der Waals surface area contributed by atoms with Crippen LogP contribution in [0.5, 0.6) is 0 Å². The highest BCUT2D eigenvalue weighted by Gasteiger charge is 2.39. The van der Waals surface area contributed by atoms with Crippen molar-refractivity contribution in [3.05, 3.63) is 101 Å². The van der Waals surface area contributed by atoms with Gasteiger partial charge >= 0.3 is 0 Å². The molecule has 2 atom stereocenters. The minimum absolute atomic E-state index is 0.120. The lowest BCUT2D eigenvalue weighted by molar-refractivity contribution is -0.187. The Morgan fingerprint density at radius 3 is 2.56 bits per heavy atom. The molecule has 200 valence electrons. The van der Waals surface area contributed by atoms with Crippen LogP contribution in [-0.4, -0.2) is 35.3 Å². The van der Waals surface area contributed by atoms with Gasteiger partial charge in [-0.1, -0.05) is 55.5 Å². The van der Waals surface area contributed by atoms with Crippen molar-refractivity contribution in [2.24, 2.45) is 10.7 Å². The highest BCUT2D eigenvalue weighted by atomic mass is 16.7. The first-order chi connectivity index (χ1) is 18.9. The Kier molecular flexibility index (Phi) is 7.74. The highest BCUT2D eigenvalue weighted by molar-refractivity contribution is 6.05. The van der Waals surface area contributed by atoms with Crippen molar-refractivity contribution in [2.45, 2.75) is 44.8 Å². The quantitative estimate of drug-likeness (QED) is 0.277. The molecule has 0 saturated heterocycles. The summed E-state index contributed by atoms with van der Waals surface area (Å²) >= 11 is 0. The molecule has 0 spiro atoms. The minimum Gasteiger partial charge on any atom is -0.399 e. The van der Waals surface area contributed by atoms with E-state index < -0.39 is 0 Å². The van der Waals surface area contributed by atoms with Crippen molar-refractivity contribution < 1.29 is 14.4 Å². The van der Waals surface area contributed by atoms with E-state index in [1.54, 1.807) is 36.4 Å². The molecule has 8 nitrogen and oxygen atoms in total.